The number of rotatable bonds is 7. The van der Waals surface area contributed by atoms with Crippen molar-refractivity contribution in [3.8, 4) is 11.5 Å². The van der Waals surface area contributed by atoms with Crippen molar-refractivity contribution in [1.82, 2.24) is 9.63 Å². The van der Waals surface area contributed by atoms with Gasteiger partial charge in [-0.2, -0.15) is 0 Å². The molecule has 27 heavy (non-hydrogen) atoms. The highest BCUT2D eigenvalue weighted by Gasteiger charge is 2.19. The van der Waals surface area contributed by atoms with Gasteiger partial charge >= 0.3 is 0 Å². The average Bonchev–Trinajstić information content (AvgIpc) is 3.04. The van der Waals surface area contributed by atoms with Crippen molar-refractivity contribution in [2.45, 2.75) is 26.3 Å². The van der Waals surface area contributed by atoms with E-state index >= 15 is 0 Å². The Bertz CT molecular complexity index is 934. The zero-order valence-corrected chi connectivity index (χ0v) is 16.5. The lowest BCUT2D eigenvalue weighted by molar-refractivity contribution is -0.0762. The van der Waals surface area contributed by atoms with Gasteiger partial charge in [0.25, 0.3) is 5.91 Å². The highest BCUT2D eigenvalue weighted by atomic mass is 35.5. The molecule has 142 valence electrons. The van der Waals surface area contributed by atoms with Crippen LogP contribution in [0.15, 0.2) is 48.5 Å². The van der Waals surface area contributed by atoms with Crippen LogP contribution in [0.25, 0.3) is 10.9 Å². The first kappa shape index (κ1) is 19.3. The van der Waals surface area contributed by atoms with Crippen LogP contribution in [0.3, 0.4) is 0 Å². The van der Waals surface area contributed by atoms with Gasteiger partial charge in [0.05, 0.1) is 7.11 Å². The van der Waals surface area contributed by atoms with Crippen molar-refractivity contribution >= 4 is 28.4 Å². The van der Waals surface area contributed by atoms with E-state index in [9.17, 15) is 4.79 Å². The predicted octanol–water partition coefficient (Wildman–Crippen LogP) is 5.52. The first-order chi connectivity index (χ1) is 13.0. The van der Waals surface area contributed by atoms with Crippen molar-refractivity contribution in [2.24, 2.45) is 0 Å². The van der Waals surface area contributed by atoms with Crippen LogP contribution in [0.5, 0.6) is 11.5 Å². The molecule has 0 atom stereocenters. The van der Waals surface area contributed by atoms with Crippen LogP contribution in [0.4, 0.5) is 0 Å². The SMILES string of the molecule is CCCCn1c(C(=O)N(C)OC)cc2cc(Oc3ccc(Cl)cc3)ccc21. The highest BCUT2D eigenvalue weighted by molar-refractivity contribution is 6.30. The number of aryl methyl sites for hydroxylation is 1. The predicted molar refractivity (Wildman–Crippen MR) is 107 cm³/mol. The minimum absolute atomic E-state index is 0.176. The number of carbonyl (C=O) groups excluding carboxylic acids is 1. The Morgan fingerprint density at radius 2 is 1.81 bits per heavy atom. The molecule has 0 aliphatic heterocycles. The molecule has 3 aromatic rings. The van der Waals surface area contributed by atoms with Gasteiger partial charge in [0, 0.05) is 29.5 Å². The van der Waals surface area contributed by atoms with Crippen LogP contribution in [0.1, 0.15) is 30.3 Å². The van der Waals surface area contributed by atoms with E-state index in [0.29, 0.717) is 22.2 Å². The Morgan fingerprint density at radius 1 is 1.11 bits per heavy atom. The second-order valence-electron chi connectivity index (χ2n) is 6.30. The number of hydrogen-bond donors (Lipinski definition) is 0. The summed E-state index contributed by atoms with van der Waals surface area (Å²) in [4.78, 5) is 17.7. The number of amides is 1. The maximum Gasteiger partial charge on any atom is 0.293 e. The first-order valence-corrected chi connectivity index (χ1v) is 9.30. The van der Waals surface area contributed by atoms with Gasteiger partial charge < -0.3 is 9.30 Å². The smallest absolute Gasteiger partial charge is 0.293 e. The van der Waals surface area contributed by atoms with Crippen molar-refractivity contribution in [3.63, 3.8) is 0 Å². The van der Waals surface area contributed by atoms with E-state index in [-0.39, 0.29) is 5.91 Å². The largest absolute Gasteiger partial charge is 0.457 e. The van der Waals surface area contributed by atoms with Gasteiger partial charge in [-0.1, -0.05) is 24.9 Å². The van der Waals surface area contributed by atoms with E-state index in [1.807, 2.05) is 41.0 Å². The van der Waals surface area contributed by atoms with E-state index in [1.165, 1.54) is 12.2 Å². The molecule has 0 aliphatic carbocycles. The number of unbranched alkanes of at least 4 members (excludes halogenated alkanes) is 1. The van der Waals surface area contributed by atoms with Gasteiger partial charge in [0.1, 0.15) is 17.2 Å². The van der Waals surface area contributed by atoms with Gasteiger partial charge in [0.2, 0.25) is 0 Å². The topological polar surface area (TPSA) is 43.7 Å². The van der Waals surface area contributed by atoms with E-state index in [0.717, 1.165) is 30.3 Å². The lowest BCUT2D eigenvalue weighted by Gasteiger charge is -2.16. The summed E-state index contributed by atoms with van der Waals surface area (Å²) in [6.45, 7) is 2.91. The normalized spacial score (nSPS) is 11.0. The summed E-state index contributed by atoms with van der Waals surface area (Å²) in [5.74, 6) is 1.24. The minimum Gasteiger partial charge on any atom is -0.457 e. The molecule has 0 aliphatic rings. The number of aromatic nitrogens is 1. The van der Waals surface area contributed by atoms with Crippen LogP contribution in [-0.2, 0) is 11.4 Å². The fourth-order valence-corrected chi connectivity index (χ4v) is 3.06. The molecule has 1 aromatic heterocycles. The van der Waals surface area contributed by atoms with Gasteiger partial charge in [-0.25, -0.2) is 5.06 Å². The number of ether oxygens (including phenoxy) is 1. The maximum atomic E-state index is 12.7. The molecule has 0 saturated carbocycles. The van der Waals surface area contributed by atoms with Crippen LogP contribution in [0.2, 0.25) is 5.02 Å². The monoisotopic (exact) mass is 386 g/mol. The fourth-order valence-electron chi connectivity index (χ4n) is 2.93. The van der Waals surface area contributed by atoms with Crippen molar-refractivity contribution in [1.29, 1.82) is 0 Å². The van der Waals surface area contributed by atoms with Crippen molar-refractivity contribution < 1.29 is 14.4 Å². The number of halogens is 1. The summed E-state index contributed by atoms with van der Waals surface area (Å²) < 4.78 is 7.96. The molecule has 5 nitrogen and oxygen atoms in total. The molecule has 0 unspecified atom stereocenters. The summed E-state index contributed by atoms with van der Waals surface area (Å²) in [6.07, 6.45) is 2.04. The summed E-state index contributed by atoms with van der Waals surface area (Å²) >= 11 is 5.92. The maximum absolute atomic E-state index is 12.7. The molecule has 0 spiro atoms. The number of carbonyl (C=O) groups is 1. The molecule has 1 amide bonds. The Kier molecular flexibility index (Phi) is 6.04. The quantitative estimate of drug-likeness (QED) is 0.502. The first-order valence-electron chi connectivity index (χ1n) is 8.92. The molecular weight excluding hydrogens is 364 g/mol. The minimum atomic E-state index is -0.176. The Balaban J connectivity index is 1.97. The molecular formula is C21H23ClN2O3. The molecule has 1 heterocycles. The summed E-state index contributed by atoms with van der Waals surface area (Å²) in [6, 6.07) is 14.9. The molecule has 0 saturated heterocycles. The lowest BCUT2D eigenvalue weighted by Crippen LogP contribution is -2.27. The number of hydrogen-bond acceptors (Lipinski definition) is 3. The van der Waals surface area contributed by atoms with Crippen molar-refractivity contribution in [2.75, 3.05) is 14.2 Å². The summed E-state index contributed by atoms with van der Waals surface area (Å²) in [5, 5.41) is 2.85. The number of nitrogens with zero attached hydrogens (tertiary/aromatic N) is 2. The lowest BCUT2D eigenvalue weighted by atomic mass is 10.2. The summed E-state index contributed by atoms with van der Waals surface area (Å²) in [7, 11) is 3.09. The molecule has 0 fully saturated rings. The second-order valence-corrected chi connectivity index (χ2v) is 6.73. The van der Waals surface area contributed by atoms with E-state index < -0.39 is 0 Å². The molecule has 2 aromatic carbocycles. The molecule has 3 rings (SSSR count). The zero-order chi connectivity index (χ0) is 19.4. The number of fused-ring (bicyclic) bond motifs is 1. The molecule has 6 heteroatoms. The van der Waals surface area contributed by atoms with Crippen LogP contribution in [-0.4, -0.2) is 29.7 Å². The van der Waals surface area contributed by atoms with Gasteiger partial charge in [0.15, 0.2) is 0 Å². The Labute approximate surface area is 164 Å². The van der Waals surface area contributed by atoms with E-state index in [2.05, 4.69) is 6.92 Å². The summed E-state index contributed by atoms with van der Waals surface area (Å²) in [5.41, 5.74) is 1.60. The highest BCUT2D eigenvalue weighted by Crippen LogP contribution is 2.29. The van der Waals surface area contributed by atoms with Crippen LogP contribution in [0, 0.1) is 0 Å². The molecule has 0 N–H and O–H groups in total. The Hall–Kier alpha value is -2.50. The fraction of sp³-hybridized carbons (Fsp3) is 0.286. The average molecular weight is 387 g/mol. The number of hydroxylamine groups is 2. The standard InChI is InChI=1S/C21H23ClN2O3/c1-4-5-12-24-19-11-10-18(27-17-8-6-16(22)7-9-17)13-15(19)14-20(24)21(25)23(2)26-3/h6-11,13-14H,4-5,12H2,1-3H3. The van der Waals surface area contributed by atoms with Gasteiger partial charge in [-0.05, 0) is 55.0 Å². The molecule has 0 bridgehead atoms. The van der Waals surface area contributed by atoms with Crippen LogP contribution >= 0.6 is 11.6 Å². The third-order valence-electron chi connectivity index (χ3n) is 4.44. The van der Waals surface area contributed by atoms with E-state index in [4.69, 9.17) is 21.2 Å². The van der Waals surface area contributed by atoms with Crippen molar-refractivity contribution in [3.05, 3.63) is 59.2 Å². The zero-order valence-electron chi connectivity index (χ0n) is 15.7. The van der Waals surface area contributed by atoms with E-state index in [1.54, 1.807) is 19.2 Å². The van der Waals surface area contributed by atoms with Gasteiger partial charge in [-0.15, -0.1) is 0 Å². The number of benzene rings is 2. The third kappa shape index (κ3) is 4.26. The third-order valence-corrected chi connectivity index (χ3v) is 4.69. The van der Waals surface area contributed by atoms with Crippen LogP contribution < -0.4 is 4.74 Å². The molecule has 0 radical (unpaired) electrons. The second kappa shape index (κ2) is 8.46. The Morgan fingerprint density at radius 3 is 2.48 bits per heavy atom. The van der Waals surface area contributed by atoms with Gasteiger partial charge in [-0.3, -0.25) is 9.63 Å².